The molecule has 0 aromatic carbocycles. The standard InChI is InChI=1S/C28H54N2/c1-5-8-10-12-13-14-15-16-17-18-19-20-22-26(4)30-25-24-29-28(30)27(7-3)23-21-11-9-6-2/h24-27H,5-23H2,1-4H3/p+1. The van der Waals surface area contributed by atoms with Gasteiger partial charge in [-0.15, -0.1) is 0 Å². The smallest absolute Gasteiger partial charge is 0.247 e. The lowest BCUT2D eigenvalue weighted by Gasteiger charge is -2.15. The number of aromatic amines is 1. The largest absolute Gasteiger partial charge is 0.257 e. The second kappa shape index (κ2) is 18.9. The Morgan fingerprint density at radius 3 is 1.67 bits per heavy atom. The molecule has 2 unspecified atom stereocenters. The predicted octanol–water partition coefficient (Wildman–Crippen LogP) is 9.42. The van der Waals surface area contributed by atoms with Gasteiger partial charge in [0, 0.05) is 0 Å². The van der Waals surface area contributed by atoms with E-state index in [1.165, 1.54) is 128 Å². The van der Waals surface area contributed by atoms with Gasteiger partial charge in [0.05, 0.1) is 12.0 Å². The van der Waals surface area contributed by atoms with Crippen LogP contribution in [0.1, 0.15) is 167 Å². The number of H-pyrrole nitrogens is 1. The summed E-state index contributed by atoms with van der Waals surface area (Å²) < 4.78 is 2.55. The molecule has 2 heteroatoms. The Hall–Kier alpha value is -0.790. The van der Waals surface area contributed by atoms with Gasteiger partial charge in [-0.25, -0.2) is 9.55 Å². The molecule has 0 fully saturated rings. The van der Waals surface area contributed by atoms with Crippen molar-refractivity contribution in [2.45, 2.75) is 162 Å². The summed E-state index contributed by atoms with van der Waals surface area (Å²) in [7, 11) is 0. The molecule has 2 atom stereocenters. The molecule has 1 N–H and O–H groups in total. The first-order valence-corrected chi connectivity index (χ1v) is 13.8. The SMILES string of the molecule is CCCCCCCCCCCCCCC(C)[n+]1cc[nH]c1C(CC)CCCCCC. The molecule has 0 saturated heterocycles. The molecule has 176 valence electrons. The van der Waals surface area contributed by atoms with Crippen LogP contribution in [-0.2, 0) is 0 Å². The fourth-order valence-corrected chi connectivity index (χ4v) is 4.84. The molecule has 30 heavy (non-hydrogen) atoms. The summed E-state index contributed by atoms with van der Waals surface area (Å²) in [6.45, 7) is 9.37. The number of imidazole rings is 1. The number of unbranched alkanes of at least 4 members (excludes halogenated alkanes) is 14. The fraction of sp³-hybridized carbons (Fsp3) is 0.893. The molecule has 0 aliphatic carbocycles. The van der Waals surface area contributed by atoms with E-state index in [0.29, 0.717) is 12.0 Å². The van der Waals surface area contributed by atoms with E-state index in [0.717, 1.165) is 0 Å². The minimum Gasteiger partial charge on any atom is -0.247 e. The lowest BCUT2D eigenvalue weighted by Crippen LogP contribution is -2.41. The van der Waals surface area contributed by atoms with Crippen molar-refractivity contribution in [2.24, 2.45) is 0 Å². The van der Waals surface area contributed by atoms with Gasteiger partial charge in [-0.1, -0.05) is 117 Å². The van der Waals surface area contributed by atoms with Crippen LogP contribution in [0.15, 0.2) is 12.4 Å². The molecule has 0 spiro atoms. The van der Waals surface area contributed by atoms with Crippen molar-refractivity contribution >= 4 is 0 Å². The fourth-order valence-electron chi connectivity index (χ4n) is 4.84. The first kappa shape index (κ1) is 27.2. The summed E-state index contributed by atoms with van der Waals surface area (Å²) in [6.07, 6.45) is 31.0. The molecular weight excluding hydrogens is 364 g/mol. The maximum atomic E-state index is 3.59. The highest BCUT2D eigenvalue weighted by Crippen LogP contribution is 2.24. The molecule has 0 aliphatic rings. The van der Waals surface area contributed by atoms with Crippen LogP contribution in [0.5, 0.6) is 0 Å². The van der Waals surface area contributed by atoms with Gasteiger partial charge in [0.2, 0.25) is 0 Å². The number of hydrogen-bond donors (Lipinski definition) is 1. The van der Waals surface area contributed by atoms with Crippen molar-refractivity contribution in [1.82, 2.24) is 4.98 Å². The maximum Gasteiger partial charge on any atom is 0.257 e. The molecule has 0 bridgehead atoms. The van der Waals surface area contributed by atoms with Gasteiger partial charge in [0.15, 0.2) is 0 Å². The second-order valence-corrected chi connectivity index (χ2v) is 9.73. The van der Waals surface area contributed by atoms with E-state index in [1.54, 1.807) is 0 Å². The number of nitrogens with one attached hydrogen (secondary N) is 1. The highest BCUT2D eigenvalue weighted by Gasteiger charge is 2.24. The van der Waals surface area contributed by atoms with E-state index in [-0.39, 0.29) is 0 Å². The molecule has 1 rings (SSSR count). The van der Waals surface area contributed by atoms with Crippen LogP contribution in [0.3, 0.4) is 0 Å². The van der Waals surface area contributed by atoms with E-state index in [4.69, 9.17) is 0 Å². The zero-order valence-electron chi connectivity index (χ0n) is 21.2. The summed E-state index contributed by atoms with van der Waals surface area (Å²) >= 11 is 0. The minimum absolute atomic E-state index is 0.624. The van der Waals surface area contributed by atoms with Gasteiger partial charge in [-0.2, -0.15) is 0 Å². The molecule has 2 nitrogen and oxygen atoms in total. The first-order chi connectivity index (χ1) is 14.7. The van der Waals surface area contributed by atoms with Crippen molar-refractivity contribution in [2.75, 3.05) is 0 Å². The number of aromatic nitrogens is 2. The Morgan fingerprint density at radius 1 is 0.667 bits per heavy atom. The monoisotopic (exact) mass is 419 g/mol. The first-order valence-electron chi connectivity index (χ1n) is 13.8. The average Bonchev–Trinajstić information content (AvgIpc) is 3.24. The zero-order chi connectivity index (χ0) is 21.9. The molecule has 0 radical (unpaired) electrons. The van der Waals surface area contributed by atoms with Crippen LogP contribution in [-0.4, -0.2) is 4.98 Å². The summed E-state index contributed by atoms with van der Waals surface area (Å²) in [5, 5.41) is 0. The van der Waals surface area contributed by atoms with Gasteiger partial charge < -0.3 is 0 Å². The third kappa shape index (κ3) is 12.2. The molecule has 0 aliphatic heterocycles. The van der Waals surface area contributed by atoms with Gasteiger partial charge in [-0.3, -0.25) is 0 Å². The van der Waals surface area contributed by atoms with Crippen LogP contribution in [0.25, 0.3) is 0 Å². The van der Waals surface area contributed by atoms with Crippen LogP contribution in [0, 0.1) is 0 Å². The normalized spacial score (nSPS) is 13.6. The van der Waals surface area contributed by atoms with E-state index >= 15 is 0 Å². The van der Waals surface area contributed by atoms with Gasteiger partial charge in [0.25, 0.3) is 5.82 Å². The van der Waals surface area contributed by atoms with Crippen molar-refractivity contribution in [3.63, 3.8) is 0 Å². The Bertz CT molecular complexity index is 479. The number of nitrogens with zero attached hydrogens (tertiary/aromatic N) is 1. The Balaban J connectivity index is 2.16. The van der Waals surface area contributed by atoms with Crippen LogP contribution in [0.2, 0.25) is 0 Å². The van der Waals surface area contributed by atoms with Gasteiger partial charge in [0.1, 0.15) is 12.4 Å². The summed E-state index contributed by atoms with van der Waals surface area (Å²) in [5.41, 5.74) is 0. The highest BCUT2D eigenvalue weighted by atomic mass is 15.1. The molecule has 1 aromatic rings. The topological polar surface area (TPSA) is 19.7 Å². The Kier molecular flexibility index (Phi) is 17.2. The number of hydrogen-bond acceptors (Lipinski definition) is 0. The molecule has 0 amide bonds. The molecule has 0 saturated carbocycles. The van der Waals surface area contributed by atoms with Gasteiger partial charge >= 0.3 is 0 Å². The quantitative estimate of drug-likeness (QED) is 0.151. The van der Waals surface area contributed by atoms with Crippen LogP contribution < -0.4 is 4.57 Å². The molecular formula is C28H55N2+. The summed E-state index contributed by atoms with van der Waals surface area (Å²) in [6, 6.07) is 0.624. The second-order valence-electron chi connectivity index (χ2n) is 9.73. The molecule has 1 aromatic heterocycles. The third-order valence-electron chi connectivity index (χ3n) is 6.98. The lowest BCUT2D eigenvalue weighted by molar-refractivity contribution is -0.727. The zero-order valence-corrected chi connectivity index (χ0v) is 21.2. The number of rotatable bonds is 21. The van der Waals surface area contributed by atoms with E-state index in [1.807, 2.05) is 0 Å². The van der Waals surface area contributed by atoms with Gasteiger partial charge in [-0.05, 0) is 32.6 Å². The lowest BCUT2D eigenvalue weighted by atomic mass is 9.96. The van der Waals surface area contributed by atoms with Crippen molar-refractivity contribution in [3.05, 3.63) is 18.2 Å². The molecule has 1 heterocycles. The van der Waals surface area contributed by atoms with E-state index < -0.39 is 0 Å². The predicted molar refractivity (Wildman–Crippen MR) is 133 cm³/mol. The maximum absolute atomic E-state index is 3.59. The van der Waals surface area contributed by atoms with Crippen molar-refractivity contribution in [3.8, 4) is 0 Å². The summed E-state index contributed by atoms with van der Waals surface area (Å²) in [4.78, 5) is 3.59. The van der Waals surface area contributed by atoms with E-state index in [2.05, 4.69) is 49.6 Å². The highest BCUT2D eigenvalue weighted by molar-refractivity contribution is 4.89. The van der Waals surface area contributed by atoms with Crippen LogP contribution in [0.4, 0.5) is 0 Å². The minimum atomic E-state index is 0.624. The average molecular weight is 420 g/mol. The van der Waals surface area contributed by atoms with Crippen molar-refractivity contribution < 1.29 is 4.57 Å². The Morgan fingerprint density at radius 2 is 1.13 bits per heavy atom. The summed E-state index contributed by atoms with van der Waals surface area (Å²) in [5.74, 6) is 2.17. The van der Waals surface area contributed by atoms with Crippen LogP contribution >= 0.6 is 0 Å². The Labute approximate surface area is 189 Å². The van der Waals surface area contributed by atoms with E-state index in [9.17, 15) is 0 Å². The van der Waals surface area contributed by atoms with Crippen molar-refractivity contribution in [1.29, 1.82) is 0 Å². The third-order valence-corrected chi connectivity index (χ3v) is 6.98.